The molecule has 22 heavy (non-hydrogen) atoms. The molecule has 1 fully saturated rings. The Kier molecular flexibility index (Phi) is 4.84. The van der Waals surface area contributed by atoms with Crippen molar-refractivity contribution in [1.82, 2.24) is 4.31 Å². The van der Waals surface area contributed by atoms with Crippen LogP contribution >= 0.6 is 0 Å². The molecule has 2 rings (SSSR count). The zero-order chi connectivity index (χ0) is 16.5. The van der Waals surface area contributed by atoms with Gasteiger partial charge in [0, 0.05) is 24.7 Å². The molecule has 0 saturated carbocycles. The van der Waals surface area contributed by atoms with Crippen LogP contribution in [0.5, 0.6) is 0 Å². The van der Waals surface area contributed by atoms with Crippen LogP contribution in [0.2, 0.25) is 0 Å². The third-order valence-electron chi connectivity index (χ3n) is 4.39. The van der Waals surface area contributed by atoms with Crippen LogP contribution in [0.1, 0.15) is 18.9 Å². The van der Waals surface area contributed by atoms with E-state index in [2.05, 4.69) is 6.92 Å². The highest BCUT2D eigenvalue weighted by atomic mass is 32.2. The average molecular weight is 327 g/mol. The summed E-state index contributed by atoms with van der Waals surface area (Å²) in [5.41, 5.74) is 5.97. The minimum Gasteiger partial charge on any atom is -0.330 e. The average Bonchev–Trinajstić information content (AvgIpc) is 2.47. The number of hydrogen-bond acceptors (Lipinski definition) is 5. The standard InChI is InChI=1S/C14H21N3O4S/c1-10-5-6-16(9-12(10)8-15)22(20,21)13-4-3-11(2)14(7-13)17(18)19/h3-4,7,10,12H,5-6,8-9,15H2,1-2H3. The molecule has 1 aliphatic heterocycles. The first-order chi connectivity index (χ1) is 10.3. The monoisotopic (exact) mass is 327 g/mol. The number of nitrogens with zero attached hydrogens (tertiary/aromatic N) is 2. The van der Waals surface area contributed by atoms with Gasteiger partial charge in [-0.15, -0.1) is 0 Å². The summed E-state index contributed by atoms with van der Waals surface area (Å²) in [7, 11) is -3.73. The lowest BCUT2D eigenvalue weighted by molar-refractivity contribution is -0.385. The third-order valence-corrected chi connectivity index (χ3v) is 6.26. The van der Waals surface area contributed by atoms with Crippen molar-refractivity contribution in [3.63, 3.8) is 0 Å². The summed E-state index contributed by atoms with van der Waals surface area (Å²) in [5, 5.41) is 11.0. The van der Waals surface area contributed by atoms with Crippen molar-refractivity contribution in [2.75, 3.05) is 19.6 Å². The van der Waals surface area contributed by atoms with Crippen LogP contribution in [-0.4, -0.2) is 37.3 Å². The molecule has 1 heterocycles. The van der Waals surface area contributed by atoms with E-state index in [0.717, 1.165) is 12.5 Å². The van der Waals surface area contributed by atoms with Crippen LogP contribution in [0.3, 0.4) is 0 Å². The summed E-state index contributed by atoms with van der Waals surface area (Å²) >= 11 is 0. The molecule has 1 aromatic carbocycles. The molecule has 8 heteroatoms. The van der Waals surface area contributed by atoms with E-state index < -0.39 is 14.9 Å². The largest absolute Gasteiger partial charge is 0.330 e. The second-order valence-electron chi connectivity index (χ2n) is 5.83. The molecule has 7 nitrogen and oxygen atoms in total. The van der Waals surface area contributed by atoms with Gasteiger partial charge >= 0.3 is 0 Å². The highest BCUT2D eigenvalue weighted by Crippen LogP contribution is 2.29. The number of nitro groups is 1. The third kappa shape index (κ3) is 3.13. The summed E-state index contributed by atoms with van der Waals surface area (Å²) in [5.74, 6) is 0.493. The number of sulfonamides is 1. The number of nitro benzene ring substituents is 1. The zero-order valence-electron chi connectivity index (χ0n) is 12.7. The van der Waals surface area contributed by atoms with E-state index in [1.807, 2.05) is 0 Å². The quantitative estimate of drug-likeness (QED) is 0.666. The van der Waals surface area contributed by atoms with Crippen LogP contribution in [-0.2, 0) is 10.0 Å². The van der Waals surface area contributed by atoms with Gasteiger partial charge in [-0.25, -0.2) is 8.42 Å². The smallest absolute Gasteiger partial charge is 0.273 e. The van der Waals surface area contributed by atoms with Gasteiger partial charge in [-0.2, -0.15) is 4.31 Å². The van der Waals surface area contributed by atoms with Gasteiger partial charge in [-0.3, -0.25) is 10.1 Å². The van der Waals surface area contributed by atoms with E-state index >= 15 is 0 Å². The van der Waals surface area contributed by atoms with Crippen molar-refractivity contribution in [2.45, 2.75) is 25.2 Å². The fraction of sp³-hybridized carbons (Fsp3) is 0.571. The highest BCUT2D eigenvalue weighted by molar-refractivity contribution is 7.89. The Morgan fingerprint density at radius 3 is 2.73 bits per heavy atom. The van der Waals surface area contributed by atoms with Gasteiger partial charge in [0.2, 0.25) is 10.0 Å². The number of rotatable bonds is 4. The van der Waals surface area contributed by atoms with Gasteiger partial charge in [0.1, 0.15) is 0 Å². The normalized spacial score (nSPS) is 23.4. The Morgan fingerprint density at radius 2 is 2.14 bits per heavy atom. The number of piperidine rings is 1. The van der Waals surface area contributed by atoms with Crippen molar-refractivity contribution < 1.29 is 13.3 Å². The van der Waals surface area contributed by atoms with Crippen molar-refractivity contribution in [2.24, 2.45) is 17.6 Å². The number of nitrogens with two attached hydrogens (primary N) is 1. The van der Waals surface area contributed by atoms with Gasteiger partial charge in [0.15, 0.2) is 0 Å². The summed E-state index contributed by atoms with van der Waals surface area (Å²) in [6.45, 7) is 4.87. The molecule has 0 radical (unpaired) electrons. The molecule has 0 bridgehead atoms. The molecule has 0 aromatic heterocycles. The second-order valence-corrected chi connectivity index (χ2v) is 7.77. The van der Waals surface area contributed by atoms with Crippen LogP contribution in [0.4, 0.5) is 5.69 Å². The first-order valence-electron chi connectivity index (χ1n) is 7.22. The predicted octanol–water partition coefficient (Wildman–Crippen LogP) is 1.51. The lowest BCUT2D eigenvalue weighted by atomic mass is 9.88. The maximum atomic E-state index is 12.7. The molecule has 1 saturated heterocycles. The Labute approximate surface area is 130 Å². The minimum atomic E-state index is -3.73. The van der Waals surface area contributed by atoms with E-state index in [1.54, 1.807) is 6.92 Å². The number of benzene rings is 1. The fourth-order valence-corrected chi connectivity index (χ4v) is 4.27. The van der Waals surface area contributed by atoms with E-state index in [1.165, 1.54) is 16.4 Å². The minimum absolute atomic E-state index is 0.0323. The predicted molar refractivity (Wildman–Crippen MR) is 82.9 cm³/mol. The van der Waals surface area contributed by atoms with Crippen LogP contribution in [0.15, 0.2) is 23.1 Å². The van der Waals surface area contributed by atoms with Crippen molar-refractivity contribution >= 4 is 15.7 Å². The van der Waals surface area contributed by atoms with Gasteiger partial charge in [-0.05, 0) is 37.8 Å². The lowest BCUT2D eigenvalue weighted by Crippen LogP contribution is -2.45. The van der Waals surface area contributed by atoms with Crippen molar-refractivity contribution in [3.05, 3.63) is 33.9 Å². The molecule has 1 aromatic rings. The summed E-state index contributed by atoms with van der Waals surface area (Å²) in [6.07, 6.45) is 0.745. The Bertz CT molecular complexity index is 675. The summed E-state index contributed by atoms with van der Waals surface area (Å²) in [6, 6.07) is 4.03. The van der Waals surface area contributed by atoms with Crippen LogP contribution in [0.25, 0.3) is 0 Å². The summed E-state index contributed by atoms with van der Waals surface area (Å²) < 4.78 is 26.8. The SMILES string of the molecule is Cc1ccc(S(=O)(=O)N2CCC(C)C(CN)C2)cc1[N+](=O)[O-]. The molecular weight excluding hydrogens is 306 g/mol. The van der Waals surface area contributed by atoms with E-state index in [-0.39, 0.29) is 16.5 Å². The second kappa shape index (κ2) is 6.31. The highest BCUT2D eigenvalue weighted by Gasteiger charge is 2.33. The molecule has 122 valence electrons. The molecule has 0 amide bonds. The molecular formula is C14H21N3O4S. The number of hydrogen-bond donors (Lipinski definition) is 1. The van der Waals surface area contributed by atoms with Crippen molar-refractivity contribution in [3.8, 4) is 0 Å². The Morgan fingerprint density at radius 1 is 1.45 bits per heavy atom. The molecule has 2 N–H and O–H groups in total. The van der Waals surface area contributed by atoms with E-state index in [4.69, 9.17) is 5.73 Å². The summed E-state index contributed by atoms with van der Waals surface area (Å²) in [4.78, 5) is 10.4. The first-order valence-corrected chi connectivity index (χ1v) is 8.66. The van der Waals surface area contributed by atoms with Gasteiger partial charge < -0.3 is 5.73 Å². The maximum absolute atomic E-state index is 12.7. The number of aryl methyl sites for hydroxylation is 1. The fourth-order valence-electron chi connectivity index (χ4n) is 2.74. The topological polar surface area (TPSA) is 107 Å². The van der Waals surface area contributed by atoms with Gasteiger partial charge in [0.25, 0.3) is 5.69 Å². The van der Waals surface area contributed by atoms with Crippen molar-refractivity contribution in [1.29, 1.82) is 0 Å². The Hall–Kier alpha value is -1.51. The Balaban J connectivity index is 2.35. The van der Waals surface area contributed by atoms with E-state index in [0.29, 0.717) is 31.1 Å². The van der Waals surface area contributed by atoms with Gasteiger partial charge in [0.05, 0.1) is 9.82 Å². The first kappa shape index (κ1) is 16.9. The maximum Gasteiger partial charge on any atom is 0.273 e. The molecule has 2 unspecified atom stereocenters. The molecule has 0 aliphatic carbocycles. The molecule has 1 aliphatic rings. The lowest BCUT2D eigenvalue weighted by Gasteiger charge is -2.35. The van der Waals surface area contributed by atoms with Crippen LogP contribution in [0, 0.1) is 28.9 Å². The van der Waals surface area contributed by atoms with E-state index in [9.17, 15) is 18.5 Å². The molecule has 2 atom stereocenters. The zero-order valence-corrected chi connectivity index (χ0v) is 13.5. The van der Waals surface area contributed by atoms with Gasteiger partial charge in [-0.1, -0.05) is 13.0 Å². The molecule has 0 spiro atoms. The van der Waals surface area contributed by atoms with Crippen LogP contribution < -0.4 is 5.73 Å².